The van der Waals surface area contributed by atoms with E-state index in [4.69, 9.17) is 0 Å². The van der Waals surface area contributed by atoms with Crippen LogP contribution >= 0.6 is 11.3 Å². The number of aliphatic hydroxyl groups is 1. The third kappa shape index (κ3) is 3.15. The number of aromatic nitrogens is 1. The molecule has 2 heterocycles. The second-order valence-electron chi connectivity index (χ2n) is 5.64. The summed E-state index contributed by atoms with van der Waals surface area (Å²) in [6, 6.07) is 0. The molecule has 0 aromatic carbocycles. The van der Waals surface area contributed by atoms with Crippen LogP contribution in [0.3, 0.4) is 0 Å². The van der Waals surface area contributed by atoms with Gasteiger partial charge in [-0.3, -0.25) is 4.79 Å². The van der Waals surface area contributed by atoms with Gasteiger partial charge in [0.2, 0.25) is 0 Å². The SMILES string of the molecule is CCCc1nc(C(=O)N2CC[C@](C)(O)[C@H](C)C2)cs1. The Balaban J connectivity index is 2.03. The summed E-state index contributed by atoms with van der Waals surface area (Å²) < 4.78 is 0. The summed E-state index contributed by atoms with van der Waals surface area (Å²) in [5.41, 5.74) is -0.103. The third-order valence-electron chi connectivity index (χ3n) is 3.97. The highest BCUT2D eigenvalue weighted by molar-refractivity contribution is 7.09. The number of thiazole rings is 1. The lowest BCUT2D eigenvalue weighted by Gasteiger charge is -2.40. The molecule has 0 bridgehead atoms. The Morgan fingerprint density at radius 3 is 3.05 bits per heavy atom. The van der Waals surface area contributed by atoms with Crippen molar-refractivity contribution in [3.8, 4) is 0 Å². The third-order valence-corrected chi connectivity index (χ3v) is 4.87. The van der Waals surface area contributed by atoms with Crippen LogP contribution in [0.15, 0.2) is 5.38 Å². The lowest BCUT2D eigenvalue weighted by molar-refractivity contribution is -0.0440. The Bertz CT molecular complexity index is 456. The molecule has 0 aliphatic carbocycles. The first-order valence-electron chi connectivity index (χ1n) is 6.90. The fraction of sp³-hybridized carbons (Fsp3) is 0.714. The maximum Gasteiger partial charge on any atom is 0.273 e. The normalized spacial score (nSPS) is 27.6. The molecule has 1 amide bonds. The van der Waals surface area contributed by atoms with Crippen molar-refractivity contribution >= 4 is 17.2 Å². The van der Waals surface area contributed by atoms with Crippen LogP contribution in [0, 0.1) is 5.92 Å². The van der Waals surface area contributed by atoms with E-state index in [9.17, 15) is 9.90 Å². The minimum absolute atomic E-state index is 0.000882. The lowest BCUT2D eigenvalue weighted by Crippen LogP contribution is -2.50. The molecule has 4 nitrogen and oxygen atoms in total. The quantitative estimate of drug-likeness (QED) is 0.925. The van der Waals surface area contributed by atoms with Crippen molar-refractivity contribution < 1.29 is 9.90 Å². The smallest absolute Gasteiger partial charge is 0.273 e. The van der Waals surface area contributed by atoms with Crippen molar-refractivity contribution in [2.24, 2.45) is 5.92 Å². The molecule has 2 rings (SSSR count). The minimum atomic E-state index is -0.660. The number of aryl methyl sites for hydroxylation is 1. The van der Waals surface area contributed by atoms with Gasteiger partial charge in [0, 0.05) is 24.4 Å². The zero-order valence-electron chi connectivity index (χ0n) is 11.8. The molecule has 0 unspecified atom stereocenters. The first-order chi connectivity index (χ1) is 8.94. The average molecular weight is 282 g/mol. The van der Waals surface area contributed by atoms with Crippen LogP contribution < -0.4 is 0 Å². The molecule has 106 valence electrons. The highest BCUT2D eigenvalue weighted by Crippen LogP contribution is 2.28. The number of hydrogen-bond donors (Lipinski definition) is 1. The van der Waals surface area contributed by atoms with Crippen LogP contribution in [-0.4, -0.2) is 39.6 Å². The average Bonchev–Trinajstić information content (AvgIpc) is 2.81. The van der Waals surface area contributed by atoms with E-state index in [1.165, 1.54) is 0 Å². The molecule has 1 aromatic heterocycles. The van der Waals surface area contributed by atoms with Gasteiger partial charge in [-0.2, -0.15) is 0 Å². The summed E-state index contributed by atoms with van der Waals surface area (Å²) in [6.45, 7) is 7.16. The molecule has 1 N–H and O–H groups in total. The van der Waals surface area contributed by atoms with Crippen LogP contribution in [0.25, 0.3) is 0 Å². The van der Waals surface area contributed by atoms with Gasteiger partial charge in [-0.15, -0.1) is 11.3 Å². The summed E-state index contributed by atoms with van der Waals surface area (Å²) in [6.07, 6.45) is 2.61. The van der Waals surface area contributed by atoms with E-state index in [1.54, 1.807) is 11.3 Å². The van der Waals surface area contributed by atoms with E-state index < -0.39 is 5.60 Å². The molecular formula is C14H22N2O2S. The number of rotatable bonds is 3. The maximum absolute atomic E-state index is 12.4. The Morgan fingerprint density at radius 2 is 2.42 bits per heavy atom. The predicted molar refractivity (Wildman–Crippen MR) is 76.4 cm³/mol. The summed E-state index contributed by atoms with van der Waals surface area (Å²) >= 11 is 1.56. The molecule has 1 aromatic rings. The van der Waals surface area contributed by atoms with Crippen LogP contribution in [-0.2, 0) is 6.42 Å². The Kier molecular flexibility index (Phi) is 4.26. The van der Waals surface area contributed by atoms with Gasteiger partial charge in [-0.25, -0.2) is 4.98 Å². The Morgan fingerprint density at radius 1 is 1.68 bits per heavy atom. The number of piperidine rings is 1. The predicted octanol–water partition coefficient (Wildman–Crippen LogP) is 2.33. The standard InChI is InChI=1S/C14H22N2O2S/c1-4-5-12-15-11(9-19-12)13(17)16-7-6-14(3,18)10(2)8-16/h9-10,18H,4-8H2,1-3H3/t10-,14+/m1/s1. The molecular weight excluding hydrogens is 260 g/mol. The van der Waals surface area contributed by atoms with Crippen LogP contribution in [0.5, 0.6) is 0 Å². The second-order valence-corrected chi connectivity index (χ2v) is 6.58. The van der Waals surface area contributed by atoms with Crippen molar-refractivity contribution in [2.45, 2.75) is 45.6 Å². The van der Waals surface area contributed by atoms with Crippen molar-refractivity contribution in [2.75, 3.05) is 13.1 Å². The fourth-order valence-corrected chi connectivity index (χ4v) is 3.18. The number of amides is 1. The van der Waals surface area contributed by atoms with Crippen molar-refractivity contribution in [1.82, 2.24) is 9.88 Å². The minimum Gasteiger partial charge on any atom is -0.390 e. The highest BCUT2D eigenvalue weighted by Gasteiger charge is 2.36. The molecule has 1 aliphatic heterocycles. The number of hydrogen-bond acceptors (Lipinski definition) is 4. The topological polar surface area (TPSA) is 53.4 Å². The van der Waals surface area contributed by atoms with E-state index >= 15 is 0 Å². The Hall–Kier alpha value is -0.940. The second kappa shape index (κ2) is 5.59. The van der Waals surface area contributed by atoms with Crippen LogP contribution in [0.4, 0.5) is 0 Å². The van der Waals surface area contributed by atoms with Crippen molar-refractivity contribution in [3.63, 3.8) is 0 Å². The van der Waals surface area contributed by atoms with Gasteiger partial charge >= 0.3 is 0 Å². The maximum atomic E-state index is 12.4. The monoisotopic (exact) mass is 282 g/mol. The van der Waals surface area contributed by atoms with Gasteiger partial charge in [0.05, 0.1) is 10.6 Å². The van der Waals surface area contributed by atoms with E-state index in [1.807, 2.05) is 24.1 Å². The number of carbonyl (C=O) groups is 1. The van der Waals surface area contributed by atoms with E-state index in [0.29, 0.717) is 25.2 Å². The van der Waals surface area contributed by atoms with Gasteiger partial charge in [0.25, 0.3) is 5.91 Å². The zero-order valence-corrected chi connectivity index (χ0v) is 12.7. The van der Waals surface area contributed by atoms with E-state index in [2.05, 4.69) is 11.9 Å². The first-order valence-corrected chi connectivity index (χ1v) is 7.78. The molecule has 0 spiro atoms. The molecule has 5 heteroatoms. The van der Waals surface area contributed by atoms with Crippen LogP contribution in [0.1, 0.15) is 49.1 Å². The summed E-state index contributed by atoms with van der Waals surface area (Å²) in [5.74, 6) is 0.0971. The summed E-state index contributed by atoms with van der Waals surface area (Å²) in [7, 11) is 0. The van der Waals surface area contributed by atoms with Crippen LogP contribution in [0.2, 0.25) is 0 Å². The highest BCUT2D eigenvalue weighted by atomic mass is 32.1. The van der Waals surface area contributed by atoms with Gasteiger partial charge in [-0.05, 0) is 26.2 Å². The molecule has 1 aliphatic rings. The molecule has 0 saturated carbocycles. The zero-order chi connectivity index (χ0) is 14.0. The lowest BCUT2D eigenvalue weighted by atomic mass is 9.84. The summed E-state index contributed by atoms with van der Waals surface area (Å²) in [5, 5.41) is 13.0. The molecule has 0 radical (unpaired) electrons. The van der Waals surface area contributed by atoms with Gasteiger partial charge < -0.3 is 10.0 Å². The first kappa shape index (κ1) is 14.5. The van der Waals surface area contributed by atoms with Gasteiger partial charge in [0.1, 0.15) is 5.69 Å². The van der Waals surface area contributed by atoms with Gasteiger partial charge in [-0.1, -0.05) is 13.8 Å². The number of nitrogens with zero attached hydrogens (tertiary/aromatic N) is 2. The Labute approximate surface area is 118 Å². The van der Waals surface area contributed by atoms with Crippen molar-refractivity contribution in [3.05, 3.63) is 16.1 Å². The number of carbonyl (C=O) groups excluding carboxylic acids is 1. The molecule has 19 heavy (non-hydrogen) atoms. The molecule has 1 fully saturated rings. The largest absolute Gasteiger partial charge is 0.390 e. The molecule has 2 atom stereocenters. The molecule has 1 saturated heterocycles. The van der Waals surface area contributed by atoms with E-state index in [-0.39, 0.29) is 11.8 Å². The number of likely N-dealkylation sites (tertiary alicyclic amines) is 1. The summed E-state index contributed by atoms with van der Waals surface area (Å²) in [4.78, 5) is 18.6. The van der Waals surface area contributed by atoms with E-state index in [0.717, 1.165) is 17.8 Å². The van der Waals surface area contributed by atoms with Crippen molar-refractivity contribution in [1.29, 1.82) is 0 Å². The fourth-order valence-electron chi connectivity index (χ4n) is 2.31. The van der Waals surface area contributed by atoms with Gasteiger partial charge in [0.15, 0.2) is 0 Å².